The fraction of sp³-hybridized carbons (Fsp3) is 0.0968. The molecule has 3 heteroatoms. The van der Waals surface area contributed by atoms with Gasteiger partial charge in [0.1, 0.15) is 0 Å². The first-order chi connectivity index (χ1) is 16.1. The summed E-state index contributed by atoms with van der Waals surface area (Å²) in [5.74, 6) is 0. The predicted octanol–water partition coefficient (Wildman–Crippen LogP) is 8.16. The van der Waals surface area contributed by atoms with Crippen molar-refractivity contribution in [3.63, 3.8) is 0 Å². The van der Waals surface area contributed by atoms with Gasteiger partial charge < -0.3 is 0 Å². The Kier molecular flexibility index (Phi) is 7.07. The quantitative estimate of drug-likeness (QED) is 0.141. The first kappa shape index (κ1) is 23.6. The van der Waals surface area contributed by atoms with Gasteiger partial charge >= 0.3 is 17.1 Å². The second-order valence-corrected chi connectivity index (χ2v) is 8.51. The number of aromatic nitrogens is 2. The second kappa shape index (κ2) is 10.2. The monoisotopic (exact) mass is 482 g/mol. The van der Waals surface area contributed by atoms with Crippen molar-refractivity contribution in [3.8, 4) is 22.5 Å². The molecule has 6 aromatic rings. The van der Waals surface area contributed by atoms with Crippen LogP contribution in [0.25, 0.3) is 44.3 Å². The van der Waals surface area contributed by atoms with Crippen LogP contribution in [0.15, 0.2) is 103 Å². The van der Waals surface area contributed by atoms with Crippen molar-refractivity contribution < 1.29 is 17.1 Å². The molecule has 0 radical (unpaired) electrons. The molecule has 0 amide bonds. The molecular weight excluding hydrogens is 456 g/mol. The average Bonchev–Trinajstić information content (AvgIpc) is 3.55. The average molecular weight is 482 g/mol. The summed E-state index contributed by atoms with van der Waals surface area (Å²) in [5.41, 5.74) is 10.1. The molecule has 6 rings (SSSR count). The minimum absolute atomic E-state index is 0. The molecular formula is C31H26FeN2. The van der Waals surface area contributed by atoms with Gasteiger partial charge in [0.05, 0.1) is 16.7 Å². The maximum Gasteiger partial charge on any atom is 2.00 e. The molecule has 2 heterocycles. The molecule has 2 nitrogen and oxygen atoms in total. The second-order valence-electron chi connectivity index (χ2n) is 8.51. The third-order valence-corrected chi connectivity index (χ3v) is 5.97. The summed E-state index contributed by atoms with van der Waals surface area (Å²) >= 11 is 0. The van der Waals surface area contributed by atoms with Crippen LogP contribution in [0.1, 0.15) is 16.7 Å². The molecule has 0 fully saturated rings. The summed E-state index contributed by atoms with van der Waals surface area (Å²) in [7, 11) is 0. The molecule has 0 aliphatic heterocycles. The van der Waals surface area contributed by atoms with E-state index in [0.29, 0.717) is 0 Å². The largest absolute Gasteiger partial charge is 2.00 e. The van der Waals surface area contributed by atoms with Crippen LogP contribution in [-0.2, 0) is 17.1 Å². The minimum Gasteiger partial charge on any atom is -0.265 e. The number of rotatable bonds is 2. The van der Waals surface area contributed by atoms with Crippen molar-refractivity contribution in [2.24, 2.45) is 0 Å². The molecule has 0 atom stereocenters. The van der Waals surface area contributed by atoms with Gasteiger partial charge in [-0.15, -0.1) is 18.2 Å². The van der Waals surface area contributed by atoms with E-state index in [1.807, 2.05) is 42.5 Å². The van der Waals surface area contributed by atoms with Gasteiger partial charge in [0, 0.05) is 10.9 Å². The van der Waals surface area contributed by atoms with Crippen LogP contribution < -0.4 is 0 Å². The van der Waals surface area contributed by atoms with Gasteiger partial charge in [0.15, 0.2) is 0 Å². The van der Waals surface area contributed by atoms with Crippen molar-refractivity contribution in [2.75, 3.05) is 0 Å². The van der Waals surface area contributed by atoms with Gasteiger partial charge in [0.2, 0.25) is 0 Å². The normalized spacial score (nSPS) is 10.6. The van der Waals surface area contributed by atoms with E-state index < -0.39 is 0 Å². The Hall–Kier alpha value is -3.52. The number of aryl methyl sites for hydroxylation is 3. The molecule has 0 aliphatic carbocycles. The van der Waals surface area contributed by atoms with E-state index in [1.54, 1.807) is 0 Å². The molecule has 0 aliphatic rings. The van der Waals surface area contributed by atoms with Crippen LogP contribution in [-0.4, -0.2) is 9.97 Å². The van der Waals surface area contributed by atoms with Crippen molar-refractivity contribution in [1.29, 1.82) is 0 Å². The van der Waals surface area contributed by atoms with E-state index in [1.165, 1.54) is 22.3 Å². The van der Waals surface area contributed by atoms with Crippen LogP contribution in [0.4, 0.5) is 0 Å². The van der Waals surface area contributed by atoms with Crippen LogP contribution in [0.2, 0.25) is 0 Å². The number of hydrogen-bond acceptors (Lipinski definition) is 2. The van der Waals surface area contributed by atoms with Gasteiger partial charge in [-0.2, -0.15) is 30.3 Å². The molecule has 0 unspecified atom stereocenters. The summed E-state index contributed by atoms with van der Waals surface area (Å²) in [6.07, 6.45) is 0. The number of nitrogens with zero attached hydrogens (tertiary/aromatic N) is 2. The summed E-state index contributed by atoms with van der Waals surface area (Å²) in [6, 6.07) is 35.5. The minimum atomic E-state index is 0. The van der Waals surface area contributed by atoms with E-state index in [0.717, 1.165) is 38.8 Å². The van der Waals surface area contributed by atoms with Crippen LogP contribution in [0.3, 0.4) is 0 Å². The fourth-order valence-electron chi connectivity index (χ4n) is 4.52. The Balaban J connectivity index is 0.000000407. The van der Waals surface area contributed by atoms with Crippen LogP contribution in [0, 0.1) is 20.8 Å². The molecule has 4 aromatic carbocycles. The topological polar surface area (TPSA) is 25.8 Å². The first-order valence-corrected chi connectivity index (χ1v) is 11.3. The van der Waals surface area contributed by atoms with E-state index in [-0.39, 0.29) is 17.1 Å². The number of benzene rings is 2. The third-order valence-electron chi connectivity index (χ3n) is 5.97. The van der Waals surface area contributed by atoms with E-state index >= 15 is 0 Å². The van der Waals surface area contributed by atoms with Crippen molar-refractivity contribution in [3.05, 3.63) is 120 Å². The molecule has 0 saturated carbocycles. The molecule has 2 aromatic heterocycles. The number of pyridine rings is 2. The molecule has 0 bridgehead atoms. The Morgan fingerprint density at radius 1 is 0.676 bits per heavy atom. The van der Waals surface area contributed by atoms with Crippen LogP contribution in [0.5, 0.6) is 0 Å². The summed E-state index contributed by atoms with van der Waals surface area (Å²) in [6.45, 7) is 6.46. The Bertz CT molecular complexity index is 1490. The van der Waals surface area contributed by atoms with Crippen molar-refractivity contribution in [2.45, 2.75) is 20.8 Å². The van der Waals surface area contributed by atoms with Gasteiger partial charge in [-0.25, -0.2) is 17.1 Å². The van der Waals surface area contributed by atoms with Gasteiger partial charge in [0.25, 0.3) is 0 Å². The molecule has 0 spiro atoms. The first-order valence-electron chi connectivity index (χ1n) is 11.3. The molecule has 168 valence electrons. The molecule has 34 heavy (non-hydrogen) atoms. The van der Waals surface area contributed by atoms with Gasteiger partial charge in [-0.05, 0) is 49.0 Å². The van der Waals surface area contributed by atoms with Gasteiger partial charge in [-0.3, -0.25) is 4.98 Å². The van der Waals surface area contributed by atoms with E-state index in [2.05, 4.69) is 81.4 Å². The third kappa shape index (κ3) is 4.72. The maximum absolute atomic E-state index is 5.08. The zero-order valence-electron chi connectivity index (χ0n) is 19.6. The zero-order valence-corrected chi connectivity index (χ0v) is 20.7. The van der Waals surface area contributed by atoms with Crippen LogP contribution >= 0.6 is 0 Å². The van der Waals surface area contributed by atoms with E-state index in [4.69, 9.17) is 9.97 Å². The zero-order chi connectivity index (χ0) is 22.8. The van der Waals surface area contributed by atoms with Gasteiger partial charge in [-0.1, -0.05) is 47.5 Å². The standard InChI is InChI=1S/C26H21N2.C5H5.Fe/c1-16-14-17(2)24(18(3)15-16)23-13-11-21-9-8-20-10-12-22(19-6-4-5-7-19)27-25(20)26(21)28-23;1-2-4-5-3-1;/h4-15H,1-3H3;1-5H;/q2*-1;+2. The Labute approximate surface area is 211 Å². The molecule has 0 N–H and O–H groups in total. The van der Waals surface area contributed by atoms with Crippen molar-refractivity contribution in [1.82, 2.24) is 9.97 Å². The Morgan fingerprint density at radius 3 is 1.82 bits per heavy atom. The van der Waals surface area contributed by atoms with Crippen molar-refractivity contribution >= 4 is 21.8 Å². The summed E-state index contributed by atoms with van der Waals surface area (Å²) < 4.78 is 0. The predicted molar refractivity (Wildman–Crippen MR) is 140 cm³/mol. The number of hydrogen-bond donors (Lipinski definition) is 0. The summed E-state index contributed by atoms with van der Waals surface area (Å²) in [5, 5.41) is 2.23. The number of fused-ring (bicyclic) bond motifs is 3. The molecule has 0 saturated heterocycles. The Morgan fingerprint density at radius 2 is 1.24 bits per heavy atom. The van der Waals surface area contributed by atoms with E-state index in [9.17, 15) is 0 Å². The smallest absolute Gasteiger partial charge is 0.265 e. The maximum atomic E-state index is 5.08. The summed E-state index contributed by atoms with van der Waals surface area (Å²) in [4.78, 5) is 10.1. The fourth-order valence-corrected chi connectivity index (χ4v) is 4.52. The SMILES string of the molecule is Cc1cc(C)c(-c2ccc3ccc4ccc(-[c-]5cccc5)nc4c3n2)c(C)c1.[Fe+2].c1cc[cH-]c1.